The van der Waals surface area contributed by atoms with Gasteiger partial charge in [0, 0.05) is 27.5 Å². The van der Waals surface area contributed by atoms with Crippen molar-refractivity contribution in [3.05, 3.63) is 119 Å². The largest absolute Gasteiger partial charge is 0.497 e. The van der Waals surface area contributed by atoms with Crippen molar-refractivity contribution < 1.29 is 24.1 Å². The van der Waals surface area contributed by atoms with Gasteiger partial charge in [-0.05, 0) is 115 Å². The first-order chi connectivity index (χ1) is 25.7. The van der Waals surface area contributed by atoms with Gasteiger partial charge < -0.3 is 24.1 Å². The molecular formula is C47H48O5S. The van der Waals surface area contributed by atoms with Crippen molar-refractivity contribution in [2.75, 3.05) is 20.3 Å². The first-order valence-electron chi connectivity index (χ1n) is 19.2. The van der Waals surface area contributed by atoms with E-state index >= 15 is 0 Å². The van der Waals surface area contributed by atoms with E-state index in [1.54, 1.807) is 18.9 Å². The van der Waals surface area contributed by atoms with Crippen LogP contribution in [0.5, 0.6) is 23.0 Å². The zero-order chi connectivity index (χ0) is 36.6. The lowest BCUT2D eigenvalue weighted by Gasteiger charge is -2.47. The van der Waals surface area contributed by atoms with Gasteiger partial charge in [-0.2, -0.15) is 0 Å². The van der Waals surface area contributed by atoms with E-state index in [0.29, 0.717) is 11.2 Å². The van der Waals surface area contributed by atoms with Gasteiger partial charge >= 0.3 is 0 Å². The molecular weight excluding hydrogens is 677 g/mol. The predicted molar refractivity (Wildman–Crippen MR) is 215 cm³/mol. The van der Waals surface area contributed by atoms with E-state index in [2.05, 4.69) is 101 Å². The van der Waals surface area contributed by atoms with Gasteiger partial charge in [-0.25, -0.2) is 0 Å². The van der Waals surface area contributed by atoms with Crippen LogP contribution in [0.3, 0.4) is 0 Å². The van der Waals surface area contributed by atoms with Gasteiger partial charge in [0.2, 0.25) is 0 Å². The van der Waals surface area contributed by atoms with Crippen molar-refractivity contribution in [3.8, 4) is 34.1 Å². The average Bonchev–Trinajstić information content (AvgIpc) is 3.66. The fourth-order valence-electron chi connectivity index (χ4n) is 9.85. The molecule has 1 fully saturated rings. The highest BCUT2D eigenvalue weighted by atomic mass is 32.2. The normalized spacial score (nSPS) is 20.9. The second-order valence-electron chi connectivity index (χ2n) is 15.8. The number of hydrogen-bond donors (Lipinski definition) is 1. The van der Waals surface area contributed by atoms with Crippen LogP contribution in [0.4, 0.5) is 0 Å². The Morgan fingerprint density at radius 2 is 1.47 bits per heavy atom. The fourth-order valence-corrected chi connectivity index (χ4v) is 10.9. The van der Waals surface area contributed by atoms with E-state index in [0.717, 1.165) is 51.5 Å². The molecule has 6 heteroatoms. The van der Waals surface area contributed by atoms with Crippen LogP contribution in [-0.4, -0.2) is 30.4 Å². The van der Waals surface area contributed by atoms with E-state index in [1.165, 1.54) is 58.9 Å². The summed E-state index contributed by atoms with van der Waals surface area (Å²) < 4.78 is 25.7. The summed E-state index contributed by atoms with van der Waals surface area (Å²) in [6.45, 7) is 9.26. The van der Waals surface area contributed by atoms with E-state index in [-0.39, 0.29) is 23.6 Å². The van der Waals surface area contributed by atoms with Gasteiger partial charge in [-0.1, -0.05) is 93.1 Å². The number of fused-ring (bicyclic) bond motifs is 11. The van der Waals surface area contributed by atoms with Crippen molar-refractivity contribution in [1.29, 1.82) is 0 Å². The maximum Gasteiger partial charge on any atom is 0.178 e. The Morgan fingerprint density at radius 1 is 0.792 bits per heavy atom. The van der Waals surface area contributed by atoms with Crippen molar-refractivity contribution in [2.45, 2.75) is 87.1 Å². The molecule has 1 N–H and O–H groups in total. The van der Waals surface area contributed by atoms with Gasteiger partial charge in [0.15, 0.2) is 10.5 Å². The molecule has 1 saturated carbocycles. The average molecular weight is 725 g/mol. The highest BCUT2D eigenvalue weighted by Crippen LogP contribution is 2.65. The molecule has 53 heavy (non-hydrogen) atoms. The quantitative estimate of drug-likeness (QED) is 0.172. The van der Waals surface area contributed by atoms with Crippen molar-refractivity contribution in [2.24, 2.45) is 5.41 Å². The first-order valence-corrected chi connectivity index (χ1v) is 20.0. The zero-order valence-electron chi connectivity index (χ0n) is 31.4. The number of hydrogen-bond acceptors (Lipinski definition) is 6. The molecule has 1 unspecified atom stereocenters. The summed E-state index contributed by atoms with van der Waals surface area (Å²) in [6, 6.07) is 30.1. The van der Waals surface area contributed by atoms with Crippen LogP contribution in [0.1, 0.15) is 94.0 Å². The predicted octanol–water partition coefficient (Wildman–Crippen LogP) is 11.4. The molecule has 5 aromatic carbocycles. The fraction of sp³-hybridized carbons (Fsp3) is 0.362. The number of ether oxygens (including phenoxy) is 4. The van der Waals surface area contributed by atoms with Gasteiger partial charge in [0.25, 0.3) is 0 Å². The molecule has 2 aliphatic heterocycles. The number of methoxy groups -OCH3 is 1. The Kier molecular flexibility index (Phi) is 8.17. The second-order valence-corrected chi connectivity index (χ2v) is 17.4. The van der Waals surface area contributed by atoms with Crippen LogP contribution in [0.15, 0.2) is 95.9 Å². The minimum Gasteiger partial charge on any atom is -0.497 e. The maximum absolute atomic E-state index is 9.38. The minimum absolute atomic E-state index is 0.0367. The number of thioether (sulfide) groups is 1. The first kappa shape index (κ1) is 34.4. The maximum atomic E-state index is 9.38. The third-order valence-electron chi connectivity index (χ3n) is 12.8. The lowest BCUT2D eigenvalue weighted by molar-refractivity contribution is 0.132. The summed E-state index contributed by atoms with van der Waals surface area (Å²) in [5.41, 5.74) is 8.10. The third-order valence-corrected chi connectivity index (χ3v) is 14.0. The molecule has 1 atom stereocenters. The van der Waals surface area contributed by atoms with E-state index in [9.17, 15) is 5.11 Å². The van der Waals surface area contributed by atoms with Crippen LogP contribution in [0.2, 0.25) is 0 Å². The topological polar surface area (TPSA) is 57.2 Å². The van der Waals surface area contributed by atoms with Crippen LogP contribution < -0.4 is 18.9 Å². The number of aliphatic hydroxyl groups is 1. The standard InChI is InChI=1S/C47H48O5S/c1-6-45(7-2)22-24-46(25-23-45)38-11-9-8-10-34(38)41-36-28-39-40(53-44(3,4)51-39)29-37(36)43-35(42(41)46)20-21-47(52-43,30-12-16-32(49-5)17-13-30)31-14-18-33(19-15-31)50-27-26-48/h8-21,28-29,48H,6-7,22-27H2,1-5H3. The highest BCUT2D eigenvalue weighted by molar-refractivity contribution is 8.00. The van der Waals surface area contributed by atoms with Gasteiger partial charge in [0.05, 0.1) is 18.6 Å². The van der Waals surface area contributed by atoms with Crippen LogP contribution >= 0.6 is 11.8 Å². The minimum atomic E-state index is -0.928. The molecule has 272 valence electrons. The smallest absolute Gasteiger partial charge is 0.178 e. The Bertz CT molecular complexity index is 2240. The molecule has 5 nitrogen and oxygen atoms in total. The summed E-state index contributed by atoms with van der Waals surface area (Å²) in [5, 5.41) is 11.7. The number of benzene rings is 5. The Labute approximate surface area is 317 Å². The molecule has 0 bridgehead atoms. The number of rotatable bonds is 8. The Morgan fingerprint density at radius 3 is 2.13 bits per heavy atom. The zero-order valence-corrected chi connectivity index (χ0v) is 32.2. The van der Waals surface area contributed by atoms with E-state index in [4.69, 9.17) is 18.9 Å². The SMILES string of the molecule is CCC1(CC)CCC2(CC1)c1ccccc1-c1c2c2c(c3cc4c(cc13)OC(C)(C)S4)OC(c1ccc(OC)cc1)(c1ccc(OCCO)cc1)C=C2. The van der Waals surface area contributed by atoms with Gasteiger partial charge in [-0.15, -0.1) is 0 Å². The Balaban J connectivity index is 1.32. The molecule has 4 aliphatic rings. The monoisotopic (exact) mass is 724 g/mol. The summed E-state index contributed by atoms with van der Waals surface area (Å²) in [7, 11) is 1.70. The van der Waals surface area contributed by atoms with E-state index < -0.39 is 5.60 Å². The third kappa shape index (κ3) is 5.23. The molecule has 2 heterocycles. The molecule has 0 radical (unpaired) electrons. The summed E-state index contributed by atoms with van der Waals surface area (Å²) >= 11 is 1.77. The van der Waals surface area contributed by atoms with Crippen LogP contribution in [0, 0.1) is 5.41 Å². The molecule has 9 rings (SSSR count). The van der Waals surface area contributed by atoms with Gasteiger partial charge in [-0.3, -0.25) is 0 Å². The molecule has 1 spiro atoms. The van der Waals surface area contributed by atoms with Crippen LogP contribution in [-0.2, 0) is 11.0 Å². The van der Waals surface area contributed by atoms with E-state index in [1.807, 2.05) is 24.3 Å². The second kappa shape index (κ2) is 12.6. The highest BCUT2D eigenvalue weighted by Gasteiger charge is 2.52. The van der Waals surface area contributed by atoms with Crippen LogP contribution in [0.25, 0.3) is 28.0 Å². The number of aliphatic hydroxyl groups excluding tert-OH is 1. The lowest BCUT2D eigenvalue weighted by Crippen LogP contribution is -2.38. The lowest BCUT2D eigenvalue weighted by atomic mass is 9.58. The van der Waals surface area contributed by atoms with Crippen molar-refractivity contribution >= 4 is 28.6 Å². The Hall–Kier alpha value is -4.39. The molecule has 0 saturated heterocycles. The molecule has 0 aromatic heterocycles. The summed E-state index contributed by atoms with van der Waals surface area (Å²) in [5.74, 6) is 3.36. The molecule has 2 aliphatic carbocycles. The molecule has 0 amide bonds. The summed E-state index contributed by atoms with van der Waals surface area (Å²) in [6.07, 6.45) is 11.7. The molecule has 5 aromatic rings. The summed E-state index contributed by atoms with van der Waals surface area (Å²) in [4.78, 5) is 0.778. The van der Waals surface area contributed by atoms with Gasteiger partial charge in [0.1, 0.15) is 29.6 Å². The van der Waals surface area contributed by atoms with Crippen molar-refractivity contribution in [3.63, 3.8) is 0 Å². The van der Waals surface area contributed by atoms with Crippen molar-refractivity contribution in [1.82, 2.24) is 0 Å².